The Labute approximate surface area is 112 Å². The number of rotatable bonds is 4. The first-order chi connectivity index (χ1) is 9.06. The average Bonchev–Trinajstić information content (AvgIpc) is 2.39. The number of aryl methyl sites for hydroxylation is 1. The van der Waals surface area contributed by atoms with Crippen molar-refractivity contribution in [2.75, 3.05) is 0 Å². The minimum atomic E-state index is -0.580. The predicted molar refractivity (Wildman–Crippen MR) is 72.5 cm³/mol. The lowest BCUT2D eigenvalue weighted by Gasteiger charge is -2.14. The third kappa shape index (κ3) is 3.55. The number of aliphatic hydroxyl groups excluding tert-OH is 1. The predicted octanol–water partition coefficient (Wildman–Crippen LogP) is 3.77. The molecule has 2 nitrogen and oxygen atoms in total. The van der Waals surface area contributed by atoms with Crippen molar-refractivity contribution in [3.8, 4) is 5.75 Å². The fourth-order valence-electron chi connectivity index (χ4n) is 1.87. The fourth-order valence-corrected chi connectivity index (χ4v) is 1.87. The Morgan fingerprint density at radius 1 is 1.16 bits per heavy atom. The molecule has 2 rings (SSSR count). The van der Waals surface area contributed by atoms with Crippen molar-refractivity contribution >= 4 is 0 Å². The van der Waals surface area contributed by atoms with Crippen LogP contribution in [0.2, 0.25) is 0 Å². The van der Waals surface area contributed by atoms with E-state index in [9.17, 15) is 9.50 Å². The van der Waals surface area contributed by atoms with Crippen molar-refractivity contribution in [2.45, 2.75) is 26.6 Å². The smallest absolute Gasteiger partial charge is 0.125 e. The first-order valence-corrected chi connectivity index (χ1v) is 6.22. The number of halogens is 1. The Bertz CT molecular complexity index is 547. The van der Waals surface area contributed by atoms with Crippen LogP contribution >= 0.6 is 0 Å². The molecule has 0 amide bonds. The van der Waals surface area contributed by atoms with Gasteiger partial charge in [-0.05, 0) is 43.7 Å². The summed E-state index contributed by atoms with van der Waals surface area (Å²) in [5, 5.41) is 9.73. The molecule has 0 fully saturated rings. The quantitative estimate of drug-likeness (QED) is 0.906. The second kappa shape index (κ2) is 5.85. The van der Waals surface area contributed by atoms with Crippen LogP contribution in [0.15, 0.2) is 42.5 Å². The molecule has 2 aromatic carbocycles. The number of hydrogen-bond donors (Lipinski definition) is 1. The van der Waals surface area contributed by atoms with Crippen LogP contribution in [0.25, 0.3) is 0 Å². The van der Waals surface area contributed by atoms with Gasteiger partial charge >= 0.3 is 0 Å². The van der Waals surface area contributed by atoms with Crippen molar-refractivity contribution in [1.82, 2.24) is 0 Å². The SMILES string of the molecule is Cc1ccc(OCc2ccc(F)cc2)c([C@@H](C)O)c1. The normalized spacial score (nSPS) is 12.2. The monoisotopic (exact) mass is 260 g/mol. The molecule has 0 aliphatic rings. The van der Waals surface area contributed by atoms with Crippen LogP contribution < -0.4 is 4.74 Å². The Morgan fingerprint density at radius 3 is 2.47 bits per heavy atom. The highest BCUT2D eigenvalue weighted by atomic mass is 19.1. The Kier molecular flexibility index (Phi) is 4.17. The molecular formula is C16H17FO2. The molecule has 0 spiro atoms. The third-order valence-electron chi connectivity index (χ3n) is 2.92. The van der Waals surface area contributed by atoms with Gasteiger partial charge < -0.3 is 9.84 Å². The molecule has 1 N–H and O–H groups in total. The molecule has 100 valence electrons. The lowest BCUT2D eigenvalue weighted by atomic mass is 10.1. The summed E-state index contributed by atoms with van der Waals surface area (Å²) in [5.74, 6) is 0.397. The highest BCUT2D eigenvalue weighted by molar-refractivity contribution is 5.38. The van der Waals surface area contributed by atoms with Gasteiger partial charge in [-0.25, -0.2) is 4.39 Å². The van der Waals surface area contributed by atoms with Gasteiger partial charge in [-0.1, -0.05) is 23.8 Å². The summed E-state index contributed by atoms with van der Waals surface area (Å²) in [6.45, 7) is 4.03. The van der Waals surface area contributed by atoms with Gasteiger partial charge in [0.1, 0.15) is 18.2 Å². The summed E-state index contributed by atoms with van der Waals surface area (Å²) in [4.78, 5) is 0. The zero-order chi connectivity index (χ0) is 13.8. The topological polar surface area (TPSA) is 29.5 Å². The summed E-state index contributed by atoms with van der Waals surface area (Å²) in [6.07, 6.45) is -0.580. The number of hydrogen-bond acceptors (Lipinski definition) is 2. The van der Waals surface area contributed by atoms with E-state index in [1.165, 1.54) is 12.1 Å². The van der Waals surface area contributed by atoms with E-state index in [1.54, 1.807) is 19.1 Å². The zero-order valence-electron chi connectivity index (χ0n) is 11.1. The van der Waals surface area contributed by atoms with E-state index >= 15 is 0 Å². The second-order valence-electron chi connectivity index (χ2n) is 4.63. The minimum Gasteiger partial charge on any atom is -0.489 e. The fraction of sp³-hybridized carbons (Fsp3) is 0.250. The van der Waals surface area contributed by atoms with Gasteiger partial charge in [0.25, 0.3) is 0 Å². The third-order valence-corrected chi connectivity index (χ3v) is 2.92. The average molecular weight is 260 g/mol. The van der Waals surface area contributed by atoms with Crippen molar-refractivity contribution < 1.29 is 14.2 Å². The van der Waals surface area contributed by atoms with Crippen LogP contribution in [0.1, 0.15) is 29.7 Å². The number of ether oxygens (including phenoxy) is 1. The molecule has 2 aromatic rings. The lowest BCUT2D eigenvalue weighted by molar-refractivity contribution is 0.190. The van der Waals surface area contributed by atoms with Crippen LogP contribution in [0, 0.1) is 12.7 Å². The summed E-state index contributed by atoms with van der Waals surface area (Å²) in [6, 6.07) is 11.9. The molecule has 19 heavy (non-hydrogen) atoms. The number of aliphatic hydroxyl groups is 1. The first kappa shape index (κ1) is 13.6. The van der Waals surface area contributed by atoms with Gasteiger partial charge in [-0.15, -0.1) is 0 Å². The van der Waals surface area contributed by atoms with E-state index in [1.807, 2.05) is 25.1 Å². The van der Waals surface area contributed by atoms with Crippen LogP contribution in [-0.2, 0) is 6.61 Å². The van der Waals surface area contributed by atoms with Crippen molar-refractivity contribution in [3.63, 3.8) is 0 Å². The Morgan fingerprint density at radius 2 is 1.84 bits per heavy atom. The van der Waals surface area contributed by atoms with Crippen LogP contribution in [0.3, 0.4) is 0 Å². The highest BCUT2D eigenvalue weighted by Crippen LogP contribution is 2.26. The molecule has 0 unspecified atom stereocenters. The summed E-state index contributed by atoms with van der Waals surface area (Å²) >= 11 is 0. The molecule has 3 heteroatoms. The van der Waals surface area contributed by atoms with Gasteiger partial charge in [0.05, 0.1) is 6.10 Å². The highest BCUT2D eigenvalue weighted by Gasteiger charge is 2.09. The van der Waals surface area contributed by atoms with Gasteiger partial charge in [-0.3, -0.25) is 0 Å². The molecule has 1 atom stereocenters. The molecule has 0 radical (unpaired) electrons. The van der Waals surface area contributed by atoms with E-state index < -0.39 is 6.10 Å². The Balaban J connectivity index is 2.13. The van der Waals surface area contributed by atoms with E-state index in [-0.39, 0.29) is 5.82 Å². The molecule has 0 aromatic heterocycles. The summed E-state index contributed by atoms with van der Waals surface area (Å²) in [5.41, 5.74) is 2.73. The van der Waals surface area contributed by atoms with Gasteiger partial charge in [0.15, 0.2) is 0 Å². The number of benzene rings is 2. The van der Waals surface area contributed by atoms with Crippen LogP contribution in [0.4, 0.5) is 4.39 Å². The molecule has 0 saturated heterocycles. The molecule has 0 saturated carbocycles. The van der Waals surface area contributed by atoms with Crippen molar-refractivity contribution in [3.05, 3.63) is 65.0 Å². The largest absolute Gasteiger partial charge is 0.489 e. The summed E-state index contributed by atoms with van der Waals surface area (Å²) in [7, 11) is 0. The van der Waals surface area contributed by atoms with Crippen molar-refractivity contribution in [1.29, 1.82) is 0 Å². The maximum absolute atomic E-state index is 12.8. The van der Waals surface area contributed by atoms with E-state index in [2.05, 4.69) is 0 Å². The van der Waals surface area contributed by atoms with Gasteiger partial charge in [0, 0.05) is 5.56 Å². The standard InChI is InChI=1S/C16H17FO2/c1-11-3-8-16(15(9-11)12(2)18)19-10-13-4-6-14(17)7-5-13/h3-9,12,18H,10H2,1-2H3/t12-/m1/s1. The van der Waals surface area contributed by atoms with Crippen LogP contribution in [0.5, 0.6) is 5.75 Å². The minimum absolute atomic E-state index is 0.260. The van der Waals surface area contributed by atoms with E-state index in [4.69, 9.17) is 4.74 Å². The second-order valence-corrected chi connectivity index (χ2v) is 4.63. The summed E-state index contributed by atoms with van der Waals surface area (Å²) < 4.78 is 18.5. The maximum Gasteiger partial charge on any atom is 0.125 e. The maximum atomic E-state index is 12.8. The molecule has 0 bridgehead atoms. The van der Waals surface area contributed by atoms with E-state index in [0.29, 0.717) is 12.4 Å². The van der Waals surface area contributed by atoms with Gasteiger partial charge in [0.2, 0.25) is 0 Å². The first-order valence-electron chi connectivity index (χ1n) is 6.22. The lowest BCUT2D eigenvalue weighted by Crippen LogP contribution is -2.01. The van der Waals surface area contributed by atoms with E-state index in [0.717, 1.165) is 16.7 Å². The Hall–Kier alpha value is -1.87. The molecule has 0 aliphatic heterocycles. The molecule has 0 aliphatic carbocycles. The van der Waals surface area contributed by atoms with Gasteiger partial charge in [-0.2, -0.15) is 0 Å². The zero-order valence-corrected chi connectivity index (χ0v) is 11.1. The van der Waals surface area contributed by atoms with Crippen molar-refractivity contribution in [2.24, 2.45) is 0 Å². The molecule has 0 heterocycles. The molecular weight excluding hydrogens is 243 g/mol. The van der Waals surface area contributed by atoms with Crippen LogP contribution in [-0.4, -0.2) is 5.11 Å².